The van der Waals surface area contributed by atoms with Crippen LogP contribution in [0.5, 0.6) is 0 Å². The molecule has 126 valence electrons. The summed E-state index contributed by atoms with van der Waals surface area (Å²) in [5.74, 6) is -0.357. The molecule has 2 amide bonds. The Morgan fingerprint density at radius 3 is 2.48 bits per heavy atom. The summed E-state index contributed by atoms with van der Waals surface area (Å²) in [5, 5.41) is 3.09. The Morgan fingerprint density at radius 2 is 1.91 bits per heavy atom. The lowest BCUT2D eigenvalue weighted by atomic mass is 9.99. The van der Waals surface area contributed by atoms with Gasteiger partial charge in [-0.15, -0.1) is 0 Å². The highest BCUT2D eigenvalue weighted by atomic mass is 19.1. The van der Waals surface area contributed by atoms with Crippen LogP contribution in [0.2, 0.25) is 0 Å². The van der Waals surface area contributed by atoms with Gasteiger partial charge in [-0.05, 0) is 43.9 Å². The van der Waals surface area contributed by atoms with Crippen LogP contribution < -0.4 is 5.32 Å². The van der Waals surface area contributed by atoms with E-state index in [1.807, 2.05) is 13.8 Å². The molecular formula is C18H25FN2O2. The third-order valence-electron chi connectivity index (χ3n) is 4.56. The monoisotopic (exact) mass is 320 g/mol. The van der Waals surface area contributed by atoms with Gasteiger partial charge in [-0.2, -0.15) is 0 Å². The topological polar surface area (TPSA) is 49.4 Å². The quantitative estimate of drug-likeness (QED) is 0.907. The molecule has 1 aromatic carbocycles. The average Bonchev–Trinajstić information content (AvgIpc) is 2.56. The van der Waals surface area contributed by atoms with E-state index in [0.29, 0.717) is 18.7 Å². The first-order valence-corrected chi connectivity index (χ1v) is 8.40. The zero-order valence-corrected chi connectivity index (χ0v) is 13.8. The smallest absolute Gasteiger partial charge is 0.253 e. The van der Waals surface area contributed by atoms with Crippen LogP contribution in [0.15, 0.2) is 24.3 Å². The number of hydrogen-bond donors (Lipinski definition) is 1. The van der Waals surface area contributed by atoms with Gasteiger partial charge in [-0.3, -0.25) is 9.59 Å². The lowest BCUT2D eigenvalue weighted by Gasteiger charge is -2.33. The van der Waals surface area contributed by atoms with Gasteiger partial charge in [-0.1, -0.05) is 19.9 Å². The van der Waals surface area contributed by atoms with Gasteiger partial charge in [-0.25, -0.2) is 4.39 Å². The highest BCUT2D eigenvalue weighted by molar-refractivity contribution is 5.94. The SMILES string of the molecule is CCC(CC)C(=O)NC1CCN(C(=O)c2cccc(F)c2)CC1. The lowest BCUT2D eigenvalue weighted by molar-refractivity contribution is -0.126. The fraction of sp³-hybridized carbons (Fsp3) is 0.556. The molecule has 2 rings (SSSR count). The van der Waals surface area contributed by atoms with Gasteiger partial charge in [0.25, 0.3) is 5.91 Å². The van der Waals surface area contributed by atoms with Gasteiger partial charge < -0.3 is 10.2 Å². The molecule has 5 heteroatoms. The molecular weight excluding hydrogens is 295 g/mol. The molecule has 23 heavy (non-hydrogen) atoms. The van der Waals surface area contributed by atoms with Crippen molar-refractivity contribution in [2.45, 2.75) is 45.6 Å². The van der Waals surface area contributed by atoms with Gasteiger partial charge in [0, 0.05) is 30.6 Å². The van der Waals surface area contributed by atoms with E-state index < -0.39 is 5.82 Å². The Hall–Kier alpha value is -1.91. The maximum atomic E-state index is 13.2. The van der Waals surface area contributed by atoms with E-state index in [1.165, 1.54) is 12.1 Å². The Bertz CT molecular complexity index is 550. The van der Waals surface area contributed by atoms with Crippen LogP contribution >= 0.6 is 0 Å². The van der Waals surface area contributed by atoms with Crippen molar-refractivity contribution in [2.75, 3.05) is 13.1 Å². The van der Waals surface area contributed by atoms with Gasteiger partial charge in [0.15, 0.2) is 0 Å². The molecule has 1 fully saturated rings. The van der Waals surface area contributed by atoms with Gasteiger partial charge in [0.1, 0.15) is 5.82 Å². The number of likely N-dealkylation sites (tertiary alicyclic amines) is 1. The molecule has 0 aliphatic carbocycles. The van der Waals surface area contributed by atoms with Crippen molar-refractivity contribution >= 4 is 11.8 Å². The fourth-order valence-corrected chi connectivity index (χ4v) is 3.01. The summed E-state index contributed by atoms with van der Waals surface area (Å²) in [4.78, 5) is 26.2. The molecule has 4 nitrogen and oxygen atoms in total. The molecule has 1 N–H and O–H groups in total. The van der Waals surface area contributed by atoms with Crippen LogP contribution in [0.4, 0.5) is 4.39 Å². The minimum absolute atomic E-state index is 0.0713. The molecule has 1 saturated heterocycles. The number of carbonyl (C=O) groups is 2. The fourth-order valence-electron chi connectivity index (χ4n) is 3.01. The first-order valence-electron chi connectivity index (χ1n) is 8.40. The summed E-state index contributed by atoms with van der Waals surface area (Å²) in [6.07, 6.45) is 3.18. The van der Waals surface area contributed by atoms with Crippen molar-refractivity contribution in [3.05, 3.63) is 35.6 Å². The summed E-state index contributed by atoms with van der Waals surface area (Å²) in [6.45, 7) is 5.22. The van der Waals surface area contributed by atoms with E-state index in [0.717, 1.165) is 25.7 Å². The number of rotatable bonds is 5. The number of hydrogen-bond acceptors (Lipinski definition) is 2. The van der Waals surface area contributed by atoms with Gasteiger partial charge in [0.05, 0.1) is 0 Å². The van der Waals surface area contributed by atoms with E-state index >= 15 is 0 Å². The van der Waals surface area contributed by atoms with E-state index in [9.17, 15) is 14.0 Å². The molecule has 0 saturated carbocycles. The Balaban J connectivity index is 1.86. The summed E-state index contributed by atoms with van der Waals surface area (Å²) >= 11 is 0. The largest absolute Gasteiger partial charge is 0.353 e. The molecule has 1 heterocycles. The third kappa shape index (κ3) is 4.53. The molecule has 1 aromatic rings. The van der Waals surface area contributed by atoms with Crippen LogP contribution in [0.25, 0.3) is 0 Å². The third-order valence-corrected chi connectivity index (χ3v) is 4.56. The maximum absolute atomic E-state index is 13.2. The van der Waals surface area contributed by atoms with Gasteiger partial charge in [0.2, 0.25) is 5.91 Å². The number of nitrogens with one attached hydrogen (secondary N) is 1. The number of piperidine rings is 1. The summed E-state index contributed by atoms with van der Waals surface area (Å²) in [5.41, 5.74) is 0.379. The maximum Gasteiger partial charge on any atom is 0.253 e. The minimum Gasteiger partial charge on any atom is -0.353 e. The zero-order valence-electron chi connectivity index (χ0n) is 13.8. The highest BCUT2D eigenvalue weighted by Gasteiger charge is 2.26. The summed E-state index contributed by atoms with van der Waals surface area (Å²) < 4.78 is 13.2. The molecule has 0 unspecified atom stereocenters. The number of nitrogens with zero attached hydrogens (tertiary/aromatic N) is 1. The van der Waals surface area contributed by atoms with Crippen LogP contribution in [0.3, 0.4) is 0 Å². The number of amides is 2. The number of carbonyl (C=O) groups excluding carboxylic acids is 2. The first kappa shape index (κ1) is 17.4. The molecule has 0 bridgehead atoms. The predicted octanol–water partition coefficient (Wildman–Crippen LogP) is 2.98. The van der Waals surface area contributed by atoms with E-state index in [2.05, 4.69) is 5.32 Å². The van der Waals surface area contributed by atoms with Crippen LogP contribution in [-0.4, -0.2) is 35.8 Å². The molecule has 0 aromatic heterocycles. The average molecular weight is 320 g/mol. The van der Waals surface area contributed by atoms with Crippen LogP contribution in [0, 0.1) is 11.7 Å². The van der Waals surface area contributed by atoms with Crippen LogP contribution in [0.1, 0.15) is 49.9 Å². The molecule has 1 aliphatic heterocycles. The van der Waals surface area contributed by atoms with Crippen molar-refractivity contribution < 1.29 is 14.0 Å². The lowest BCUT2D eigenvalue weighted by Crippen LogP contribution is -2.47. The summed E-state index contributed by atoms with van der Waals surface area (Å²) in [6, 6.07) is 5.90. The second-order valence-electron chi connectivity index (χ2n) is 6.10. The normalized spacial score (nSPS) is 15.7. The van der Waals surface area contributed by atoms with E-state index in [1.54, 1.807) is 17.0 Å². The zero-order chi connectivity index (χ0) is 16.8. The number of benzene rings is 1. The Morgan fingerprint density at radius 1 is 1.26 bits per heavy atom. The van der Waals surface area contributed by atoms with Gasteiger partial charge >= 0.3 is 0 Å². The Kier molecular flexibility index (Phi) is 6.13. The standard InChI is InChI=1S/C18H25FN2O2/c1-3-13(4-2)17(22)20-16-8-10-21(11-9-16)18(23)14-6-5-7-15(19)12-14/h5-7,12-13,16H,3-4,8-11H2,1-2H3,(H,20,22). The van der Waals surface area contributed by atoms with Crippen LogP contribution in [-0.2, 0) is 4.79 Å². The predicted molar refractivity (Wildman–Crippen MR) is 87.5 cm³/mol. The van der Waals surface area contributed by atoms with E-state index in [-0.39, 0.29) is 23.8 Å². The molecule has 0 spiro atoms. The summed E-state index contributed by atoms with van der Waals surface area (Å²) in [7, 11) is 0. The van der Waals surface area contributed by atoms with Crippen molar-refractivity contribution in [3.8, 4) is 0 Å². The minimum atomic E-state index is -0.400. The number of halogens is 1. The van der Waals surface area contributed by atoms with Crippen molar-refractivity contribution in [3.63, 3.8) is 0 Å². The Labute approximate surface area is 137 Å². The molecule has 0 radical (unpaired) electrons. The van der Waals surface area contributed by atoms with Crippen molar-refractivity contribution in [1.82, 2.24) is 10.2 Å². The molecule has 1 aliphatic rings. The first-order chi connectivity index (χ1) is 11.0. The van der Waals surface area contributed by atoms with E-state index in [4.69, 9.17) is 0 Å². The second-order valence-corrected chi connectivity index (χ2v) is 6.10. The van der Waals surface area contributed by atoms with Crippen molar-refractivity contribution in [2.24, 2.45) is 5.92 Å². The molecule has 0 atom stereocenters. The second kappa shape index (κ2) is 8.09. The highest BCUT2D eigenvalue weighted by Crippen LogP contribution is 2.16. The van der Waals surface area contributed by atoms with Crippen molar-refractivity contribution in [1.29, 1.82) is 0 Å².